The number of rotatable bonds is 6. The molecule has 0 atom stereocenters. The molecule has 0 spiro atoms. The molecule has 140 valence electrons. The number of H-pyrrole nitrogens is 1. The van der Waals surface area contributed by atoms with Crippen molar-refractivity contribution in [1.82, 2.24) is 10.3 Å². The first kappa shape index (κ1) is 18.7. The first-order chi connectivity index (χ1) is 13.0. The highest BCUT2D eigenvalue weighted by molar-refractivity contribution is 5.81. The van der Waals surface area contributed by atoms with E-state index >= 15 is 0 Å². The summed E-state index contributed by atoms with van der Waals surface area (Å²) >= 11 is 0. The maximum absolute atomic E-state index is 12.3. The van der Waals surface area contributed by atoms with Gasteiger partial charge < -0.3 is 15.0 Å². The third kappa shape index (κ3) is 4.56. The number of methoxy groups -OCH3 is 1. The number of hydrogen-bond donors (Lipinski definition) is 2. The highest BCUT2D eigenvalue weighted by atomic mass is 16.5. The van der Waals surface area contributed by atoms with Crippen LogP contribution in [0.25, 0.3) is 10.9 Å². The Morgan fingerprint density at radius 1 is 1.11 bits per heavy atom. The zero-order valence-electron chi connectivity index (χ0n) is 15.9. The number of hydrogen-bond acceptors (Lipinski definition) is 3. The van der Waals surface area contributed by atoms with Gasteiger partial charge in [-0.25, -0.2) is 0 Å². The molecule has 0 aliphatic rings. The second-order valence-electron chi connectivity index (χ2n) is 6.78. The minimum atomic E-state index is -0.168. The number of fused-ring (bicyclic) bond motifs is 1. The van der Waals surface area contributed by atoms with Gasteiger partial charge in [-0.2, -0.15) is 0 Å². The predicted molar refractivity (Wildman–Crippen MR) is 107 cm³/mol. The minimum absolute atomic E-state index is 0.0857. The second kappa shape index (κ2) is 8.08. The number of carbonyl (C=O) groups excluding carboxylic acids is 1. The Morgan fingerprint density at radius 3 is 2.67 bits per heavy atom. The molecule has 3 rings (SSSR count). The van der Waals surface area contributed by atoms with Crippen LogP contribution in [0.5, 0.6) is 5.75 Å². The molecule has 0 fully saturated rings. The van der Waals surface area contributed by atoms with Gasteiger partial charge in [-0.15, -0.1) is 0 Å². The lowest BCUT2D eigenvalue weighted by atomic mass is 10.0. The molecule has 2 aromatic carbocycles. The summed E-state index contributed by atoms with van der Waals surface area (Å²) in [5.74, 6) is 0.693. The molecule has 0 radical (unpaired) electrons. The van der Waals surface area contributed by atoms with Crippen molar-refractivity contribution >= 4 is 16.8 Å². The summed E-state index contributed by atoms with van der Waals surface area (Å²) in [7, 11) is 1.62. The molecule has 5 heteroatoms. The average molecular weight is 364 g/mol. The van der Waals surface area contributed by atoms with E-state index in [-0.39, 0.29) is 18.0 Å². The molecular formula is C22H24N2O3. The number of pyridine rings is 1. The van der Waals surface area contributed by atoms with Crippen molar-refractivity contribution in [1.29, 1.82) is 0 Å². The van der Waals surface area contributed by atoms with E-state index in [1.807, 2.05) is 50.2 Å². The van der Waals surface area contributed by atoms with Crippen LogP contribution in [-0.4, -0.2) is 18.0 Å². The summed E-state index contributed by atoms with van der Waals surface area (Å²) in [4.78, 5) is 27.3. The molecule has 0 aliphatic heterocycles. The molecule has 0 unspecified atom stereocenters. The maximum atomic E-state index is 12.3. The molecular weight excluding hydrogens is 340 g/mol. The van der Waals surface area contributed by atoms with Crippen molar-refractivity contribution in [2.45, 2.75) is 33.2 Å². The summed E-state index contributed by atoms with van der Waals surface area (Å²) in [5, 5.41) is 3.81. The zero-order chi connectivity index (χ0) is 19.4. The van der Waals surface area contributed by atoms with Crippen LogP contribution in [0, 0.1) is 13.8 Å². The SMILES string of the molecule is COc1cccc(CCC(=O)NCc2cc3cc(C)c(C)cc3[nH]c2=O)c1. The topological polar surface area (TPSA) is 71.2 Å². The highest BCUT2D eigenvalue weighted by Crippen LogP contribution is 2.17. The van der Waals surface area contributed by atoms with Gasteiger partial charge in [0, 0.05) is 24.0 Å². The van der Waals surface area contributed by atoms with Crippen molar-refractivity contribution in [3.63, 3.8) is 0 Å². The molecule has 0 saturated heterocycles. The molecule has 1 amide bonds. The van der Waals surface area contributed by atoms with Gasteiger partial charge in [0.05, 0.1) is 7.11 Å². The van der Waals surface area contributed by atoms with E-state index < -0.39 is 0 Å². The minimum Gasteiger partial charge on any atom is -0.497 e. The molecule has 3 aromatic rings. The Bertz CT molecular complexity index is 1040. The van der Waals surface area contributed by atoms with Crippen molar-refractivity contribution in [3.8, 4) is 5.75 Å². The lowest BCUT2D eigenvalue weighted by molar-refractivity contribution is -0.121. The van der Waals surface area contributed by atoms with Crippen LogP contribution in [0.2, 0.25) is 0 Å². The Morgan fingerprint density at radius 2 is 1.89 bits per heavy atom. The highest BCUT2D eigenvalue weighted by Gasteiger charge is 2.08. The lowest BCUT2D eigenvalue weighted by Gasteiger charge is -2.08. The number of ether oxygens (including phenoxy) is 1. The largest absolute Gasteiger partial charge is 0.497 e. The van der Waals surface area contributed by atoms with E-state index in [0.29, 0.717) is 18.4 Å². The van der Waals surface area contributed by atoms with Crippen molar-refractivity contribution in [3.05, 3.63) is 75.1 Å². The van der Waals surface area contributed by atoms with E-state index in [4.69, 9.17) is 4.74 Å². The Labute approximate surface area is 158 Å². The Kier molecular flexibility index (Phi) is 5.60. The van der Waals surface area contributed by atoms with Gasteiger partial charge in [0.25, 0.3) is 5.56 Å². The fourth-order valence-corrected chi connectivity index (χ4v) is 3.02. The number of amides is 1. The van der Waals surface area contributed by atoms with Crippen molar-refractivity contribution in [2.24, 2.45) is 0 Å². The number of aryl methyl sites for hydroxylation is 3. The number of benzene rings is 2. The van der Waals surface area contributed by atoms with Crippen LogP contribution in [0.3, 0.4) is 0 Å². The quantitative estimate of drug-likeness (QED) is 0.704. The molecule has 0 aliphatic carbocycles. The molecule has 27 heavy (non-hydrogen) atoms. The summed E-state index contributed by atoms with van der Waals surface area (Å²) in [6.45, 7) is 4.28. The van der Waals surface area contributed by atoms with Gasteiger partial charge in [0.15, 0.2) is 0 Å². The van der Waals surface area contributed by atoms with Crippen LogP contribution < -0.4 is 15.6 Å². The van der Waals surface area contributed by atoms with Gasteiger partial charge >= 0.3 is 0 Å². The van der Waals surface area contributed by atoms with Gasteiger partial charge in [-0.3, -0.25) is 9.59 Å². The zero-order valence-corrected chi connectivity index (χ0v) is 15.9. The summed E-state index contributed by atoms with van der Waals surface area (Å²) in [6.07, 6.45) is 0.979. The molecule has 2 N–H and O–H groups in total. The summed E-state index contributed by atoms with van der Waals surface area (Å²) < 4.78 is 5.19. The van der Waals surface area contributed by atoms with Crippen LogP contribution in [0.15, 0.2) is 47.3 Å². The molecule has 1 heterocycles. The van der Waals surface area contributed by atoms with Gasteiger partial charge in [0.2, 0.25) is 5.91 Å². The van der Waals surface area contributed by atoms with Crippen molar-refractivity contribution in [2.75, 3.05) is 7.11 Å². The van der Waals surface area contributed by atoms with Crippen LogP contribution in [0.4, 0.5) is 0 Å². The molecule has 0 bridgehead atoms. The van der Waals surface area contributed by atoms with Crippen LogP contribution >= 0.6 is 0 Å². The van der Waals surface area contributed by atoms with Gasteiger partial charge in [-0.1, -0.05) is 12.1 Å². The smallest absolute Gasteiger partial charge is 0.253 e. The standard InChI is InChI=1S/C22H24N2O3/c1-14-9-17-12-18(22(26)24-20(17)10-15(14)2)13-23-21(25)8-7-16-5-4-6-19(11-16)27-3/h4-6,9-12H,7-8,13H2,1-3H3,(H,23,25)(H,24,26). The summed E-state index contributed by atoms with van der Waals surface area (Å²) in [6, 6.07) is 13.5. The van der Waals surface area contributed by atoms with Crippen LogP contribution in [0.1, 0.15) is 28.7 Å². The summed E-state index contributed by atoms with van der Waals surface area (Å²) in [5.41, 5.74) is 4.55. The number of aromatic amines is 1. The second-order valence-corrected chi connectivity index (χ2v) is 6.78. The predicted octanol–water partition coefficient (Wildman–Crippen LogP) is 3.40. The molecule has 1 aromatic heterocycles. The Balaban J connectivity index is 1.63. The van der Waals surface area contributed by atoms with E-state index in [9.17, 15) is 9.59 Å². The Hall–Kier alpha value is -3.08. The third-order valence-electron chi connectivity index (χ3n) is 4.79. The first-order valence-corrected chi connectivity index (χ1v) is 8.99. The number of nitrogens with one attached hydrogen (secondary N) is 2. The van der Waals surface area contributed by atoms with E-state index in [0.717, 1.165) is 27.8 Å². The monoisotopic (exact) mass is 364 g/mol. The van der Waals surface area contributed by atoms with Crippen molar-refractivity contribution < 1.29 is 9.53 Å². The third-order valence-corrected chi connectivity index (χ3v) is 4.79. The number of carbonyl (C=O) groups is 1. The fourth-order valence-electron chi connectivity index (χ4n) is 3.02. The van der Waals surface area contributed by atoms with E-state index in [1.54, 1.807) is 7.11 Å². The first-order valence-electron chi connectivity index (χ1n) is 8.99. The van der Waals surface area contributed by atoms with E-state index in [2.05, 4.69) is 16.4 Å². The lowest BCUT2D eigenvalue weighted by Crippen LogP contribution is -2.26. The van der Waals surface area contributed by atoms with Crippen LogP contribution in [-0.2, 0) is 17.8 Å². The maximum Gasteiger partial charge on any atom is 0.253 e. The van der Waals surface area contributed by atoms with Gasteiger partial charge in [0.1, 0.15) is 5.75 Å². The van der Waals surface area contributed by atoms with Gasteiger partial charge in [-0.05, 0) is 72.7 Å². The molecule has 0 saturated carbocycles. The van der Waals surface area contributed by atoms with E-state index in [1.165, 1.54) is 5.56 Å². The normalized spacial score (nSPS) is 10.8. The average Bonchev–Trinajstić information content (AvgIpc) is 2.66. The number of aromatic nitrogens is 1. The molecule has 5 nitrogen and oxygen atoms in total. The fraction of sp³-hybridized carbons (Fsp3) is 0.273.